The number of hydrogen-bond acceptors (Lipinski definition) is 3. The van der Waals surface area contributed by atoms with Gasteiger partial charge in [-0.25, -0.2) is 0 Å². The Labute approximate surface area is 92.2 Å². The molecule has 0 aromatic heterocycles. The Morgan fingerprint density at radius 1 is 1.43 bits per heavy atom. The van der Waals surface area contributed by atoms with Gasteiger partial charge >= 0.3 is 0 Å². The molecule has 5 heteroatoms. The molecule has 3 nitrogen and oxygen atoms in total. The molecule has 0 atom stereocenters. The number of nitrogens with one attached hydrogen (secondary N) is 1. The second-order valence-corrected chi connectivity index (χ2v) is 3.56. The number of halogens is 2. The highest BCUT2D eigenvalue weighted by atomic mass is 35.5. The molecule has 76 valence electrons. The van der Waals surface area contributed by atoms with Crippen LogP contribution >= 0.6 is 23.2 Å². The minimum absolute atomic E-state index is 0.0260. The van der Waals surface area contributed by atoms with Crippen LogP contribution in [0.1, 0.15) is 0 Å². The van der Waals surface area contributed by atoms with Crippen molar-refractivity contribution < 1.29 is 4.79 Å². The standard InChI is InChI=1S/C9H10Cl2N2O/c10-6-1-2-9(8(11)3-6)13-5-7(14)4-12/h1-3,13H,4-5,12H2. The van der Waals surface area contributed by atoms with Gasteiger partial charge in [-0.1, -0.05) is 23.2 Å². The van der Waals surface area contributed by atoms with Gasteiger partial charge in [0.05, 0.1) is 23.8 Å². The van der Waals surface area contributed by atoms with E-state index in [1.54, 1.807) is 18.2 Å². The lowest BCUT2D eigenvalue weighted by atomic mass is 10.3. The molecule has 0 aliphatic carbocycles. The monoisotopic (exact) mass is 232 g/mol. The third kappa shape index (κ3) is 3.18. The molecule has 3 N–H and O–H groups in total. The molecule has 0 saturated heterocycles. The number of carbonyl (C=O) groups is 1. The highest BCUT2D eigenvalue weighted by molar-refractivity contribution is 6.36. The Morgan fingerprint density at radius 2 is 2.14 bits per heavy atom. The van der Waals surface area contributed by atoms with Crippen molar-refractivity contribution >= 4 is 34.7 Å². The van der Waals surface area contributed by atoms with Gasteiger partial charge in [0, 0.05) is 5.02 Å². The number of anilines is 1. The Kier molecular flexibility index (Phi) is 4.20. The van der Waals surface area contributed by atoms with E-state index < -0.39 is 0 Å². The normalized spacial score (nSPS) is 9.93. The van der Waals surface area contributed by atoms with Crippen LogP contribution in [0.4, 0.5) is 5.69 Å². The van der Waals surface area contributed by atoms with Crippen LogP contribution < -0.4 is 11.1 Å². The first-order valence-electron chi connectivity index (χ1n) is 4.04. The average Bonchev–Trinajstić information content (AvgIpc) is 2.16. The maximum atomic E-state index is 10.9. The van der Waals surface area contributed by atoms with E-state index in [4.69, 9.17) is 28.9 Å². The number of carbonyl (C=O) groups excluding carboxylic acids is 1. The van der Waals surface area contributed by atoms with Crippen LogP contribution in [0.25, 0.3) is 0 Å². The van der Waals surface area contributed by atoms with Crippen LogP contribution in [0, 0.1) is 0 Å². The molecule has 14 heavy (non-hydrogen) atoms. The van der Waals surface area contributed by atoms with Gasteiger partial charge in [-0.15, -0.1) is 0 Å². The molecule has 0 saturated carbocycles. The van der Waals surface area contributed by atoms with Gasteiger partial charge in [-0.2, -0.15) is 0 Å². The summed E-state index contributed by atoms with van der Waals surface area (Å²) in [5, 5.41) is 3.92. The lowest BCUT2D eigenvalue weighted by Crippen LogP contribution is -2.22. The molecule has 0 radical (unpaired) electrons. The van der Waals surface area contributed by atoms with Gasteiger partial charge in [0.15, 0.2) is 5.78 Å². The number of rotatable bonds is 4. The molecule has 0 fully saturated rings. The minimum atomic E-state index is -0.0731. The van der Waals surface area contributed by atoms with Crippen molar-refractivity contribution in [2.45, 2.75) is 0 Å². The Bertz CT molecular complexity index is 342. The van der Waals surface area contributed by atoms with E-state index in [1.165, 1.54) is 0 Å². The van der Waals surface area contributed by atoms with Crippen molar-refractivity contribution in [3.63, 3.8) is 0 Å². The summed E-state index contributed by atoms with van der Waals surface area (Å²) >= 11 is 11.6. The number of benzene rings is 1. The van der Waals surface area contributed by atoms with Crippen molar-refractivity contribution in [3.05, 3.63) is 28.2 Å². The fraction of sp³-hybridized carbons (Fsp3) is 0.222. The van der Waals surface area contributed by atoms with E-state index >= 15 is 0 Å². The molecular formula is C9H10Cl2N2O. The van der Waals surface area contributed by atoms with Gasteiger partial charge in [0.25, 0.3) is 0 Å². The molecule has 0 aliphatic heterocycles. The van der Waals surface area contributed by atoms with E-state index in [1.807, 2.05) is 0 Å². The summed E-state index contributed by atoms with van der Waals surface area (Å²) in [5.41, 5.74) is 5.83. The van der Waals surface area contributed by atoms with Gasteiger partial charge in [0.1, 0.15) is 0 Å². The number of Topliss-reactive ketones (excluding diaryl/α,β-unsaturated/α-hetero) is 1. The van der Waals surface area contributed by atoms with Crippen molar-refractivity contribution in [1.29, 1.82) is 0 Å². The Hall–Kier alpha value is -0.770. The second-order valence-electron chi connectivity index (χ2n) is 2.72. The lowest BCUT2D eigenvalue weighted by Gasteiger charge is -2.06. The van der Waals surface area contributed by atoms with E-state index in [0.717, 1.165) is 0 Å². The zero-order valence-corrected chi connectivity index (χ0v) is 8.90. The Balaban J connectivity index is 2.63. The van der Waals surface area contributed by atoms with Crippen LogP contribution in [0.3, 0.4) is 0 Å². The topological polar surface area (TPSA) is 55.1 Å². The molecule has 0 aliphatic rings. The van der Waals surface area contributed by atoms with Gasteiger partial charge in [-0.05, 0) is 18.2 Å². The first-order valence-corrected chi connectivity index (χ1v) is 4.79. The number of ketones is 1. The predicted molar refractivity (Wildman–Crippen MR) is 59.0 cm³/mol. The van der Waals surface area contributed by atoms with Crippen LogP contribution in [0.5, 0.6) is 0 Å². The van der Waals surface area contributed by atoms with Crippen LogP contribution in [-0.4, -0.2) is 18.9 Å². The third-order valence-corrected chi connectivity index (χ3v) is 2.18. The fourth-order valence-corrected chi connectivity index (χ4v) is 1.37. The van der Waals surface area contributed by atoms with E-state index in [2.05, 4.69) is 5.32 Å². The molecular weight excluding hydrogens is 223 g/mol. The second kappa shape index (κ2) is 5.20. The summed E-state index contributed by atoms with van der Waals surface area (Å²) < 4.78 is 0. The first-order chi connectivity index (χ1) is 6.63. The van der Waals surface area contributed by atoms with E-state index in [9.17, 15) is 4.79 Å². The molecule has 0 bridgehead atoms. The SMILES string of the molecule is NCC(=O)CNc1ccc(Cl)cc1Cl. The van der Waals surface area contributed by atoms with Crippen molar-refractivity contribution in [1.82, 2.24) is 0 Å². The molecule has 0 unspecified atom stereocenters. The summed E-state index contributed by atoms with van der Waals surface area (Å²) in [7, 11) is 0. The average molecular weight is 233 g/mol. The molecule has 1 aromatic rings. The molecule has 0 amide bonds. The third-order valence-electron chi connectivity index (χ3n) is 1.63. The lowest BCUT2D eigenvalue weighted by molar-refractivity contribution is -0.116. The van der Waals surface area contributed by atoms with Crippen LogP contribution in [0.2, 0.25) is 10.0 Å². The highest BCUT2D eigenvalue weighted by Crippen LogP contribution is 2.24. The number of nitrogens with two attached hydrogens (primary N) is 1. The zero-order valence-electron chi connectivity index (χ0n) is 7.39. The summed E-state index contributed by atoms with van der Waals surface area (Å²) in [4.78, 5) is 10.9. The Morgan fingerprint density at radius 3 is 2.71 bits per heavy atom. The maximum Gasteiger partial charge on any atom is 0.165 e. The highest BCUT2D eigenvalue weighted by Gasteiger charge is 2.02. The number of hydrogen-bond donors (Lipinski definition) is 2. The largest absolute Gasteiger partial charge is 0.377 e. The zero-order chi connectivity index (χ0) is 10.6. The molecule has 1 aromatic carbocycles. The summed E-state index contributed by atoms with van der Waals surface area (Å²) in [6.07, 6.45) is 0. The summed E-state index contributed by atoms with van der Waals surface area (Å²) in [6, 6.07) is 5.02. The summed E-state index contributed by atoms with van der Waals surface area (Å²) in [6.45, 7) is 0.204. The van der Waals surface area contributed by atoms with Crippen LogP contribution in [0.15, 0.2) is 18.2 Å². The first kappa shape index (κ1) is 11.3. The van der Waals surface area contributed by atoms with Gasteiger partial charge < -0.3 is 11.1 Å². The maximum absolute atomic E-state index is 10.9. The summed E-state index contributed by atoms with van der Waals surface area (Å²) in [5.74, 6) is -0.0731. The van der Waals surface area contributed by atoms with Gasteiger partial charge in [0.2, 0.25) is 0 Å². The van der Waals surface area contributed by atoms with Crippen molar-refractivity contribution in [3.8, 4) is 0 Å². The van der Waals surface area contributed by atoms with E-state index in [0.29, 0.717) is 15.7 Å². The smallest absolute Gasteiger partial charge is 0.165 e. The van der Waals surface area contributed by atoms with E-state index in [-0.39, 0.29) is 18.9 Å². The van der Waals surface area contributed by atoms with Crippen molar-refractivity contribution in [2.24, 2.45) is 5.73 Å². The molecule has 0 spiro atoms. The quantitative estimate of drug-likeness (QED) is 0.835. The van der Waals surface area contributed by atoms with Crippen LogP contribution in [-0.2, 0) is 4.79 Å². The van der Waals surface area contributed by atoms with Gasteiger partial charge in [-0.3, -0.25) is 4.79 Å². The fourth-order valence-electron chi connectivity index (χ4n) is 0.899. The molecule has 1 rings (SSSR count). The molecule has 0 heterocycles. The minimum Gasteiger partial charge on any atom is -0.377 e. The predicted octanol–water partition coefficient (Wildman–Crippen LogP) is 1.93. The van der Waals surface area contributed by atoms with Crippen molar-refractivity contribution in [2.75, 3.05) is 18.4 Å².